The lowest BCUT2D eigenvalue weighted by Crippen LogP contribution is -2.53. The molecule has 2 aromatic rings. The third-order valence-corrected chi connectivity index (χ3v) is 10.9. The molecule has 3 fully saturated rings. The summed E-state index contributed by atoms with van der Waals surface area (Å²) < 4.78 is 0. The summed E-state index contributed by atoms with van der Waals surface area (Å²) in [5.74, 6) is 3.41. The highest BCUT2D eigenvalue weighted by atomic mass is 15.0. The third-order valence-electron chi connectivity index (χ3n) is 10.9. The van der Waals surface area contributed by atoms with E-state index in [2.05, 4.69) is 88.5 Å². The second-order valence-corrected chi connectivity index (χ2v) is 13.9. The fourth-order valence-electron chi connectivity index (χ4n) is 9.37. The van der Waals surface area contributed by atoms with Gasteiger partial charge in [-0.05, 0) is 123 Å². The van der Waals surface area contributed by atoms with E-state index in [1.807, 2.05) is 0 Å². The van der Waals surface area contributed by atoms with Crippen molar-refractivity contribution >= 4 is 10.8 Å². The maximum absolute atomic E-state index is 3.92. The van der Waals surface area contributed by atoms with Crippen LogP contribution in [0.3, 0.4) is 0 Å². The summed E-state index contributed by atoms with van der Waals surface area (Å²) >= 11 is 0. The van der Waals surface area contributed by atoms with Crippen molar-refractivity contribution in [3.63, 3.8) is 0 Å². The van der Waals surface area contributed by atoms with E-state index in [0.717, 1.165) is 23.7 Å². The van der Waals surface area contributed by atoms with Gasteiger partial charge in [0.15, 0.2) is 0 Å². The van der Waals surface area contributed by atoms with Gasteiger partial charge in [0.25, 0.3) is 0 Å². The molecule has 1 N–H and O–H groups in total. The Morgan fingerprint density at radius 1 is 0.853 bits per heavy atom. The molecule has 34 heavy (non-hydrogen) atoms. The Morgan fingerprint density at radius 3 is 2.44 bits per heavy atom. The fourth-order valence-corrected chi connectivity index (χ4v) is 9.37. The highest BCUT2D eigenvalue weighted by Gasteiger charge is 2.58. The summed E-state index contributed by atoms with van der Waals surface area (Å²) in [4.78, 5) is 0. The topological polar surface area (TPSA) is 12.0 Å². The third kappa shape index (κ3) is 3.60. The predicted molar refractivity (Wildman–Crippen MR) is 145 cm³/mol. The van der Waals surface area contributed by atoms with Gasteiger partial charge in [0.1, 0.15) is 0 Å². The average molecular weight is 456 g/mol. The first kappa shape index (κ1) is 22.8. The van der Waals surface area contributed by atoms with Crippen LogP contribution in [0.5, 0.6) is 0 Å². The lowest BCUT2D eigenvalue weighted by Gasteiger charge is -2.58. The van der Waals surface area contributed by atoms with Crippen LogP contribution in [0.1, 0.15) is 97.5 Å². The lowest BCUT2D eigenvalue weighted by molar-refractivity contribution is -0.0332. The predicted octanol–water partition coefficient (Wildman–Crippen LogP) is 8.64. The molecule has 0 amide bonds. The minimum Gasteiger partial charge on any atom is -0.309 e. The first-order valence-corrected chi connectivity index (χ1v) is 14.1. The molecule has 0 unspecified atom stereocenters. The Hall–Kier alpha value is -1.60. The van der Waals surface area contributed by atoms with Crippen molar-refractivity contribution in [2.75, 3.05) is 0 Å². The van der Waals surface area contributed by atoms with E-state index in [0.29, 0.717) is 16.9 Å². The van der Waals surface area contributed by atoms with Gasteiger partial charge in [0, 0.05) is 11.6 Å². The maximum Gasteiger partial charge on any atom is 0.0110 e. The first-order chi connectivity index (χ1) is 16.2. The summed E-state index contributed by atoms with van der Waals surface area (Å²) in [6.45, 7) is 12.3. The second kappa shape index (κ2) is 7.95. The number of hydrogen-bond acceptors (Lipinski definition) is 1. The molecule has 7 atom stereocenters. The van der Waals surface area contributed by atoms with E-state index in [1.54, 1.807) is 11.1 Å². The highest BCUT2D eigenvalue weighted by molar-refractivity contribution is 5.83. The molecule has 1 nitrogen and oxygen atoms in total. The zero-order chi connectivity index (χ0) is 23.7. The maximum atomic E-state index is 3.92. The molecule has 0 bridgehead atoms. The standard InChI is InChI=1S/C33H45N/c1-31(2,3)34-26-16-18-32(4)25(21-26)12-13-27-29-15-14-28(33(29,5)19-17-30(27)32)24-11-10-22-8-6-7-9-23(22)20-24/h6-12,20,26-30,34H,13-19,21H2,1-5H3/t26-,27+,28-,29+,30+,32+,33-/m1/s1. The molecule has 0 radical (unpaired) electrons. The Labute approximate surface area is 207 Å². The molecule has 0 aromatic heterocycles. The smallest absolute Gasteiger partial charge is 0.0110 e. The van der Waals surface area contributed by atoms with E-state index in [-0.39, 0.29) is 5.54 Å². The number of fused-ring (bicyclic) bond motifs is 6. The normalized spacial score (nSPS) is 39.8. The molecule has 0 spiro atoms. The minimum absolute atomic E-state index is 0.213. The van der Waals surface area contributed by atoms with Crippen LogP contribution in [0.15, 0.2) is 54.1 Å². The summed E-state index contributed by atoms with van der Waals surface area (Å²) in [6, 6.07) is 16.9. The quantitative estimate of drug-likeness (QED) is 0.447. The zero-order valence-electron chi connectivity index (χ0n) is 22.2. The summed E-state index contributed by atoms with van der Waals surface area (Å²) in [7, 11) is 0. The van der Waals surface area contributed by atoms with Crippen molar-refractivity contribution in [1.82, 2.24) is 5.32 Å². The second-order valence-electron chi connectivity index (χ2n) is 13.9. The molecule has 3 saturated carbocycles. The lowest BCUT2D eigenvalue weighted by atomic mass is 9.47. The summed E-state index contributed by atoms with van der Waals surface area (Å²) in [5.41, 5.74) is 4.53. The molecule has 4 aliphatic rings. The van der Waals surface area contributed by atoms with Gasteiger partial charge in [-0.15, -0.1) is 0 Å². The van der Waals surface area contributed by atoms with E-state index in [1.165, 1.54) is 62.1 Å². The Morgan fingerprint density at radius 2 is 1.65 bits per heavy atom. The zero-order valence-corrected chi connectivity index (χ0v) is 22.2. The van der Waals surface area contributed by atoms with Gasteiger partial charge in [-0.3, -0.25) is 0 Å². The van der Waals surface area contributed by atoms with E-state index in [4.69, 9.17) is 0 Å². The van der Waals surface area contributed by atoms with Gasteiger partial charge in [-0.25, -0.2) is 0 Å². The van der Waals surface area contributed by atoms with Crippen molar-refractivity contribution in [3.05, 3.63) is 59.7 Å². The fraction of sp³-hybridized carbons (Fsp3) is 0.636. The van der Waals surface area contributed by atoms with Crippen molar-refractivity contribution in [2.24, 2.45) is 28.6 Å². The van der Waals surface area contributed by atoms with Gasteiger partial charge < -0.3 is 5.32 Å². The molecule has 2 aromatic carbocycles. The average Bonchev–Trinajstić information content (AvgIpc) is 3.15. The summed E-state index contributed by atoms with van der Waals surface area (Å²) in [5, 5.41) is 6.71. The van der Waals surface area contributed by atoms with Gasteiger partial charge in [0.05, 0.1) is 0 Å². The van der Waals surface area contributed by atoms with Gasteiger partial charge >= 0.3 is 0 Å². The molecule has 0 aliphatic heterocycles. The van der Waals surface area contributed by atoms with Crippen molar-refractivity contribution in [2.45, 2.75) is 103 Å². The largest absolute Gasteiger partial charge is 0.309 e. The van der Waals surface area contributed by atoms with Crippen LogP contribution in [-0.2, 0) is 0 Å². The monoisotopic (exact) mass is 455 g/mol. The van der Waals surface area contributed by atoms with Crippen LogP contribution in [-0.4, -0.2) is 11.6 Å². The number of benzene rings is 2. The number of rotatable bonds is 2. The Balaban J connectivity index is 1.26. The summed E-state index contributed by atoms with van der Waals surface area (Å²) in [6.07, 6.45) is 13.7. The van der Waals surface area contributed by atoms with Gasteiger partial charge in [0.2, 0.25) is 0 Å². The van der Waals surface area contributed by atoms with Gasteiger partial charge in [-0.1, -0.05) is 68.0 Å². The SMILES string of the molecule is CC(C)(C)N[C@@H]1CC[C@@]2(C)C(=CC[C@H]3[C@@H]4CC[C@H](c5ccc6ccccc6c5)[C@@]4(C)CC[C@@H]32)C1. The molecule has 4 aliphatic carbocycles. The molecule has 1 heteroatoms. The van der Waals surface area contributed by atoms with Crippen LogP contribution in [0.25, 0.3) is 10.8 Å². The molecule has 6 rings (SSSR count). The molecular formula is C33H45N. The number of nitrogens with one attached hydrogen (secondary N) is 1. The number of allylic oxidation sites excluding steroid dienone is 1. The molecule has 0 saturated heterocycles. The van der Waals surface area contributed by atoms with Crippen LogP contribution in [0, 0.1) is 28.6 Å². The van der Waals surface area contributed by atoms with Crippen molar-refractivity contribution in [3.8, 4) is 0 Å². The van der Waals surface area contributed by atoms with Crippen LogP contribution < -0.4 is 5.32 Å². The Bertz CT molecular complexity index is 1100. The van der Waals surface area contributed by atoms with Crippen molar-refractivity contribution < 1.29 is 0 Å². The van der Waals surface area contributed by atoms with Gasteiger partial charge in [-0.2, -0.15) is 0 Å². The van der Waals surface area contributed by atoms with Crippen LogP contribution in [0.2, 0.25) is 0 Å². The Kier molecular flexibility index (Phi) is 5.34. The van der Waals surface area contributed by atoms with E-state index >= 15 is 0 Å². The minimum atomic E-state index is 0.213. The highest BCUT2D eigenvalue weighted by Crippen LogP contribution is 2.68. The number of hydrogen-bond donors (Lipinski definition) is 1. The van der Waals surface area contributed by atoms with E-state index < -0.39 is 0 Å². The van der Waals surface area contributed by atoms with Crippen molar-refractivity contribution in [1.29, 1.82) is 0 Å². The van der Waals surface area contributed by atoms with Crippen LogP contribution in [0.4, 0.5) is 0 Å². The molecular weight excluding hydrogens is 410 g/mol. The van der Waals surface area contributed by atoms with Crippen LogP contribution >= 0.6 is 0 Å². The first-order valence-electron chi connectivity index (χ1n) is 14.1. The van der Waals surface area contributed by atoms with E-state index in [9.17, 15) is 0 Å². The molecule has 182 valence electrons. The molecule has 0 heterocycles.